The van der Waals surface area contributed by atoms with E-state index < -0.39 is 0 Å². The molecule has 0 atom stereocenters. The van der Waals surface area contributed by atoms with Crippen molar-refractivity contribution in [3.8, 4) is 16.2 Å². The summed E-state index contributed by atoms with van der Waals surface area (Å²) in [5, 5.41) is 9.72. The van der Waals surface area contributed by atoms with Gasteiger partial charge >= 0.3 is 121 Å². The maximum absolute atomic E-state index is 9.03. The molecule has 3 rings (SSSR count). The molecule has 0 radical (unpaired) electrons. The first-order valence-electron chi connectivity index (χ1n) is 5.58. The normalized spacial score (nSPS) is 10.5. The van der Waals surface area contributed by atoms with Crippen LogP contribution in [0.3, 0.4) is 0 Å². The van der Waals surface area contributed by atoms with E-state index in [0.29, 0.717) is 5.02 Å². The van der Waals surface area contributed by atoms with Crippen LogP contribution in [0.2, 0.25) is 5.02 Å². The van der Waals surface area contributed by atoms with Gasteiger partial charge in [-0.05, 0) is 0 Å². The Hall–Kier alpha value is -1.79. The van der Waals surface area contributed by atoms with Crippen molar-refractivity contribution in [3.63, 3.8) is 0 Å². The fraction of sp³-hybridized carbons (Fsp3) is 0. The topological polar surface area (TPSA) is 41.1 Å². The van der Waals surface area contributed by atoms with Crippen molar-refractivity contribution in [2.24, 2.45) is 0 Å². The SMILES string of the molecule is N#C[Se]c1c(-c2ccc(Cl)cc2)nc2ccccn12. The number of nitriles is 1. The third-order valence-electron chi connectivity index (χ3n) is 2.75. The number of nitrogens with zero attached hydrogens (tertiary/aromatic N) is 3. The summed E-state index contributed by atoms with van der Waals surface area (Å²) in [6.45, 7) is 0. The molecule has 92 valence electrons. The first-order valence-corrected chi connectivity index (χ1v) is 7.67. The van der Waals surface area contributed by atoms with Gasteiger partial charge in [0.1, 0.15) is 0 Å². The van der Waals surface area contributed by atoms with Gasteiger partial charge in [-0.2, -0.15) is 0 Å². The minimum absolute atomic E-state index is 0.268. The van der Waals surface area contributed by atoms with Crippen molar-refractivity contribution in [1.29, 1.82) is 5.26 Å². The second kappa shape index (κ2) is 5.06. The molecule has 2 heterocycles. The van der Waals surface area contributed by atoms with Gasteiger partial charge < -0.3 is 0 Å². The van der Waals surface area contributed by atoms with Gasteiger partial charge in [-0.3, -0.25) is 0 Å². The van der Waals surface area contributed by atoms with Gasteiger partial charge in [0.2, 0.25) is 0 Å². The molecule has 0 aliphatic carbocycles. The van der Waals surface area contributed by atoms with Crippen molar-refractivity contribution in [3.05, 3.63) is 53.7 Å². The minimum atomic E-state index is -0.268. The summed E-state index contributed by atoms with van der Waals surface area (Å²) < 4.78 is 2.94. The number of pyridine rings is 1. The van der Waals surface area contributed by atoms with Crippen molar-refractivity contribution < 1.29 is 0 Å². The third kappa shape index (κ3) is 2.24. The molecule has 19 heavy (non-hydrogen) atoms. The van der Waals surface area contributed by atoms with Gasteiger partial charge in [0.15, 0.2) is 0 Å². The van der Waals surface area contributed by atoms with Gasteiger partial charge in [-0.15, -0.1) is 0 Å². The van der Waals surface area contributed by atoms with Crippen LogP contribution in [0.1, 0.15) is 0 Å². The zero-order valence-electron chi connectivity index (χ0n) is 9.75. The van der Waals surface area contributed by atoms with Crippen LogP contribution in [0.4, 0.5) is 0 Å². The number of halogens is 1. The molecule has 0 N–H and O–H groups in total. The number of aromatic nitrogens is 2. The Bertz CT molecular complexity index is 771. The van der Waals surface area contributed by atoms with Gasteiger partial charge in [0.25, 0.3) is 0 Å². The molecule has 1 aromatic carbocycles. The standard InChI is InChI=1S/C14H8ClN3Se/c15-11-6-4-10(5-7-11)13-14(19-9-16)18-8-2-1-3-12(18)17-13/h1-8H. The van der Waals surface area contributed by atoms with E-state index in [-0.39, 0.29) is 15.0 Å². The molecule has 5 heteroatoms. The molecule has 0 saturated heterocycles. The van der Waals surface area contributed by atoms with Crippen molar-refractivity contribution >= 4 is 36.8 Å². The van der Waals surface area contributed by atoms with Crippen LogP contribution < -0.4 is 4.59 Å². The van der Waals surface area contributed by atoms with Crippen LogP contribution in [0.25, 0.3) is 16.9 Å². The second-order valence-electron chi connectivity index (χ2n) is 3.89. The molecular weight excluding hydrogens is 325 g/mol. The zero-order valence-corrected chi connectivity index (χ0v) is 12.2. The summed E-state index contributed by atoms with van der Waals surface area (Å²) >= 11 is 5.64. The van der Waals surface area contributed by atoms with Crippen LogP contribution in [0.5, 0.6) is 0 Å². The Balaban J connectivity index is 2.25. The van der Waals surface area contributed by atoms with Gasteiger partial charge in [-0.1, -0.05) is 0 Å². The fourth-order valence-corrected chi connectivity index (χ4v) is 3.29. The van der Waals surface area contributed by atoms with E-state index >= 15 is 0 Å². The van der Waals surface area contributed by atoms with E-state index in [1.165, 1.54) is 0 Å². The van der Waals surface area contributed by atoms with E-state index in [2.05, 4.69) is 9.95 Å². The molecule has 0 aliphatic heterocycles. The predicted molar refractivity (Wildman–Crippen MR) is 76.6 cm³/mol. The molecule has 0 fully saturated rings. The Morgan fingerprint density at radius 3 is 2.68 bits per heavy atom. The number of hydrogen-bond donors (Lipinski definition) is 0. The first-order chi connectivity index (χ1) is 9.29. The molecule has 0 saturated carbocycles. The molecule has 3 aromatic rings. The van der Waals surface area contributed by atoms with E-state index in [1.807, 2.05) is 53.1 Å². The Morgan fingerprint density at radius 2 is 1.95 bits per heavy atom. The molecule has 0 bridgehead atoms. The Morgan fingerprint density at radius 1 is 1.16 bits per heavy atom. The van der Waals surface area contributed by atoms with E-state index in [9.17, 15) is 0 Å². The summed E-state index contributed by atoms with van der Waals surface area (Å²) in [6.07, 6.45) is 1.94. The number of imidazole rings is 1. The summed E-state index contributed by atoms with van der Waals surface area (Å²) in [5.41, 5.74) is 2.71. The second-order valence-corrected chi connectivity index (χ2v) is 5.95. The number of rotatable bonds is 2. The molecule has 2 aromatic heterocycles. The molecule has 0 amide bonds. The van der Waals surface area contributed by atoms with Crippen LogP contribution in [0, 0.1) is 10.2 Å². The molecule has 0 aliphatic rings. The number of fused-ring (bicyclic) bond motifs is 1. The summed E-state index contributed by atoms with van der Waals surface area (Å²) in [4.78, 5) is 6.87. The van der Waals surface area contributed by atoms with Crippen LogP contribution in [-0.4, -0.2) is 24.3 Å². The summed E-state index contributed by atoms with van der Waals surface area (Å²) in [5.74, 6) is 0. The summed E-state index contributed by atoms with van der Waals surface area (Å²) in [7, 11) is 0. The van der Waals surface area contributed by atoms with Crippen molar-refractivity contribution in [2.45, 2.75) is 0 Å². The fourth-order valence-electron chi connectivity index (χ4n) is 1.91. The molecule has 0 spiro atoms. The molecular formula is C14H8ClN3Se. The quantitative estimate of drug-likeness (QED) is 0.676. The van der Waals surface area contributed by atoms with Gasteiger partial charge in [0, 0.05) is 0 Å². The zero-order chi connectivity index (χ0) is 13.2. The van der Waals surface area contributed by atoms with Gasteiger partial charge in [0.05, 0.1) is 0 Å². The number of hydrogen-bond acceptors (Lipinski definition) is 2. The molecule has 0 unspecified atom stereocenters. The third-order valence-corrected chi connectivity index (χ3v) is 4.41. The van der Waals surface area contributed by atoms with Gasteiger partial charge in [-0.25, -0.2) is 0 Å². The van der Waals surface area contributed by atoms with Crippen LogP contribution in [0.15, 0.2) is 48.7 Å². The first kappa shape index (κ1) is 12.3. The average Bonchev–Trinajstić information content (AvgIpc) is 2.79. The maximum atomic E-state index is 9.03. The average molecular weight is 333 g/mol. The van der Waals surface area contributed by atoms with E-state index in [4.69, 9.17) is 16.9 Å². The predicted octanol–water partition coefficient (Wildman–Crippen LogP) is 2.47. The Labute approximate surface area is 121 Å². The monoisotopic (exact) mass is 333 g/mol. The van der Waals surface area contributed by atoms with Crippen LogP contribution >= 0.6 is 11.6 Å². The Kier molecular flexibility index (Phi) is 3.27. The van der Waals surface area contributed by atoms with Crippen LogP contribution in [-0.2, 0) is 0 Å². The summed E-state index contributed by atoms with van der Waals surface area (Å²) in [6, 6.07) is 13.4. The van der Waals surface area contributed by atoms with Crippen molar-refractivity contribution in [1.82, 2.24) is 9.38 Å². The number of benzene rings is 1. The van der Waals surface area contributed by atoms with Crippen molar-refractivity contribution in [2.75, 3.05) is 0 Å². The van der Waals surface area contributed by atoms with E-state index in [1.54, 1.807) is 0 Å². The van der Waals surface area contributed by atoms with E-state index in [0.717, 1.165) is 21.5 Å². The molecule has 3 nitrogen and oxygen atoms in total.